The van der Waals surface area contributed by atoms with Crippen molar-refractivity contribution >= 4 is 17.5 Å². The molecule has 7 heteroatoms. The summed E-state index contributed by atoms with van der Waals surface area (Å²) in [6, 6.07) is 14.7. The van der Waals surface area contributed by atoms with Crippen molar-refractivity contribution in [3.8, 4) is 0 Å². The highest BCUT2D eigenvalue weighted by Crippen LogP contribution is 2.17. The zero-order valence-corrected chi connectivity index (χ0v) is 14.7. The summed E-state index contributed by atoms with van der Waals surface area (Å²) in [6.07, 6.45) is 0.705. The molecule has 0 bridgehead atoms. The van der Waals surface area contributed by atoms with Gasteiger partial charge >= 0.3 is 0 Å². The maximum absolute atomic E-state index is 13.3. The van der Waals surface area contributed by atoms with Gasteiger partial charge in [0.2, 0.25) is 5.95 Å². The third-order valence-electron chi connectivity index (χ3n) is 3.80. The smallest absolute Gasteiger partial charge is 0.270 e. The Balaban J connectivity index is 1.66. The van der Waals surface area contributed by atoms with E-state index in [1.165, 1.54) is 6.07 Å². The van der Waals surface area contributed by atoms with Crippen molar-refractivity contribution in [2.75, 3.05) is 11.9 Å². The Morgan fingerprint density at radius 1 is 1.00 bits per heavy atom. The molecule has 27 heavy (non-hydrogen) atoms. The molecule has 0 fully saturated rings. The first-order chi connectivity index (χ1) is 13.0. The summed E-state index contributed by atoms with van der Waals surface area (Å²) in [6.45, 7) is 2.19. The Labute approximate surface area is 155 Å². The van der Waals surface area contributed by atoms with E-state index in [0.29, 0.717) is 18.7 Å². The molecule has 0 aliphatic carbocycles. The molecule has 1 amide bonds. The number of hydrogen-bond acceptors (Lipinski definition) is 4. The van der Waals surface area contributed by atoms with Crippen LogP contribution in [0.2, 0.25) is 0 Å². The van der Waals surface area contributed by atoms with Gasteiger partial charge in [0.1, 0.15) is 5.69 Å². The monoisotopic (exact) mass is 368 g/mol. The fourth-order valence-corrected chi connectivity index (χ4v) is 2.50. The lowest BCUT2D eigenvalue weighted by molar-refractivity contribution is 0.0949. The lowest BCUT2D eigenvalue weighted by Gasteiger charge is -2.09. The number of aromatic nitrogens is 2. The lowest BCUT2D eigenvalue weighted by atomic mass is 10.1. The van der Waals surface area contributed by atoms with Gasteiger partial charge in [-0.2, -0.15) is 0 Å². The third-order valence-corrected chi connectivity index (χ3v) is 3.80. The van der Waals surface area contributed by atoms with Gasteiger partial charge in [-0.15, -0.1) is 0 Å². The van der Waals surface area contributed by atoms with Crippen molar-refractivity contribution in [2.45, 2.75) is 13.3 Å². The summed E-state index contributed by atoms with van der Waals surface area (Å²) in [7, 11) is 0. The minimum Gasteiger partial charge on any atom is -0.350 e. The minimum atomic E-state index is -0.980. The molecule has 0 spiro atoms. The molecule has 1 aromatic heterocycles. The Morgan fingerprint density at radius 2 is 1.78 bits per heavy atom. The summed E-state index contributed by atoms with van der Waals surface area (Å²) in [4.78, 5) is 20.7. The maximum atomic E-state index is 13.3. The van der Waals surface area contributed by atoms with Crippen LogP contribution in [0.1, 0.15) is 21.7 Å². The average molecular weight is 368 g/mol. The summed E-state index contributed by atoms with van der Waals surface area (Å²) in [5.41, 5.74) is 2.18. The number of aryl methyl sites for hydroxylation is 1. The van der Waals surface area contributed by atoms with Crippen molar-refractivity contribution in [1.29, 1.82) is 0 Å². The number of carbonyl (C=O) groups excluding carboxylic acids is 1. The molecule has 5 nitrogen and oxygen atoms in total. The van der Waals surface area contributed by atoms with E-state index < -0.39 is 11.6 Å². The topological polar surface area (TPSA) is 66.9 Å². The number of halogens is 2. The number of nitrogens with zero attached hydrogens (tertiary/aromatic N) is 2. The van der Waals surface area contributed by atoms with Crippen LogP contribution in [0, 0.1) is 18.6 Å². The Bertz CT molecular complexity index is 948. The van der Waals surface area contributed by atoms with E-state index in [1.54, 1.807) is 13.0 Å². The molecular formula is C20H18F2N4O. The first kappa shape index (κ1) is 18.4. The molecule has 0 aliphatic heterocycles. The van der Waals surface area contributed by atoms with E-state index in [0.717, 1.165) is 17.7 Å². The summed E-state index contributed by atoms with van der Waals surface area (Å²) in [5, 5.41) is 5.60. The first-order valence-corrected chi connectivity index (χ1v) is 8.41. The van der Waals surface area contributed by atoms with Crippen LogP contribution in [0.3, 0.4) is 0 Å². The molecule has 3 aromatic rings. The second-order valence-corrected chi connectivity index (χ2v) is 5.96. The number of amides is 1. The SMILES string of the molecule is Cc1cc(C(=O)NCCc2ccccc2)nc(Nc2ccc(F)c(F)c2)n1. The highest BCUT2D eigenvalue weighted by molar-refractivity contribution is 5.92. The summed E-state index contributed by atoms with van der Waals surface area (Å²) in [5.74, 6) is -2.12. The lowest BCUT2D eigenvalue weighted by Crippen LogP contribution is -2.27. The van der Waals surface area contributed by atoms with Gasteiger partial charge in [-0.05, 0) is 37.1 Å². The quantitative estimate of drug-likeness (QED) is 0.695. The van der Waals surface area contributed by atoms with Crippen LogP contribution in [0.25, 0.3) is 0 Å². The number of hydrogen-bond donors (Lipinski definition) is 2. The van der Waals surface area contributed by atoms with E-state index in [9.17, 15) is 13.6 Å². The summed E-state index contributed by atoms with van der Waals surface area (Å²) < 4.78 is 26.4. The van der Waals surface area contributed by atoms with Crippen LogP contribution in [-0.2, 0) is 6.42 Å². The van der Waals surface area contributed by atoms with Crippen LogP contribution in [0.5, 0.6) is 0 Å². The normalized spacial score (nSPS) is 10.5. The van der Waals surface area contributed by atoms with Gasteiger partial charge in [0.25, 0.3) is 5.91 Å². The standard InChI is InChI=1S/C20H18F2N4O/c1-13-11-18(19(27)23-10-9-14-5-3-2-4-6-14)26-20(24-13)25-15-7-8-16(21)17(22)12-15/h2-8,11-12H,9-10H2,1H3,(H,23,27)(H,24,25,26). The van der Waals surface area contributed by atoms with Crippen LogP contribution < -0.4 is 10.6 Å². The fourth-order valence-electron chi connectivity index (χ4n) is 2.50. The molecular weight excluding hydrogens is 350 g/mol. The zero-order valence-electron chi connectivity index (χ0n) is 14.7. The van der Waals surface area contributed by atoms with Crippen molar-refractivity contribution in [2.24, 2.45) is 0 Å². The van der Waals surface area contributed by atoms with Crippen LogP contribution in [-0.4, -0.2) is 22.4 Å². The fraction of sp³-hybridized carbons (Fsp3) is 0.150. The van der Waals surface area contributed by atoms with Gasteiger partial charge < -0.3 is 10.6 Å². The number of anilines is 2. The molecule has 0 saturated heterocycles. The van der Waals surface area contributed by atoms with Gasteiger partial charge in [0, 0.05) is 24.0 Å². The molecule has 0 atom stereocenters. The molecule has 3 rings (SSSR count). The molecule has 2 N–H and O–H groups in total. The van der Waals surface area contributed by atoms with E-state index in [1.807, 2.05) is 30.3 Å². The van der Waals surface area contributed by atoms with E-state index >= 15 is 0 Å². The Hall–Kier alpha value is -3.35. The van der Waals surface area contributed by atoms with E-state index in [-0.39, 0.29) is 23.2 Å². The van der Waals surface area contributed by atoms with E-state index in [4.69, 9.17) is 0 Å². The van der Waals surface area contributed by atoms with Crippen molar-refractivity contribution in [3.63, 3.8) is 0 Å². The number of nitrogens with one attached hydrogen (secondary N) is 2. The molecule has 0 aliphatic rings. The largest absolute Gasteiger partial charge is 0.350 e. The second-order valence-electron chi connectivity index (χ2n) is 5.96. The second kappa shape index (κ2) is 8.35. The van der Waals surface area contributed by atoms with Crippen molar-refractivity contribution < 1.29 is 13.6 Å². The summed E-state index contributed by atoms with van der Waals surface area (Å²) >= 11 is 0. The van der Waals surface area contributed by atoms with Gasteiger partial charge in [0.05, 0.1) is 0 Å². The van der Waals surface area contributed by atoms with Crippen LogP contribution in [0.15, 0.2) is 54.6 Å². The molecule has 0 saturated carbocycles. The highest BCUT2D eigenvalue weighted by atomic mass is 19.2. The van der Waals surface area contributed by atoms with Gasteiger partial charge in [0.15, 0.2) is 11.6 Å². The van der Waals surface area contributed by atoms with Crippen molar-refractivity contribution in [3.05, 3.63) is 83.2 Å². The van der Waals surface area contributed by atoms with Crippen LogP contribution in [0.4, 0.5) is 20.4 Å². The molecule has 1 heterocycles. The van der Waals surface area contributed by atoms with E-state index in [2.05, 4.69) is 20.6 Å². The molecule has 138 valence electrons. The first-order valence-electron chi connectivity index (χ1n) is 8.41. The predicted octanol–water partition coefficient (Wildman–Crippen LogP) is 3.78. The van der Waals surface area contributed by atoms with Gasteiger partial charge in [-0.1, -0.05) is 30.3 Å². The Morgan fingerprint density at radius 3 is 2.52 bits per heavy atom. The highest BCUT2D eigenvalue weighted by Gasteiger charge is 2.11. The third kappa shape index (κ3) is 5.07. The minimum absolute atomic E-state index is 0.134. The molecule has 0 unspecified atom stereocenters. The predicted molar refractivity (Wildman–Crippen MR) is 98.9 cm³/mol. The molecule has 2 aromatic carbocycles. The molecule has 0 radical (unpaired) electrons. The van der Waals surface area contributed by atoms with Gasteiger partial charge in [-0.3, -0.25) is 4.79 Å². The maximum Gasteiger partial charge on any atom is 0.270 e. The van der Waals surface area contributed by atoms with Crippen molar-refractivity contribution in [1.82, 2.24) is 15.3 Å². The number of benzene rings is 2. The van der Waals surface area contributed by atoms with Gasteiger partial charge in [-0.25, -0.2) is 18.7 Å². The zero-order chi connectivity index (χ0) is 19.2. The average Bonchev–Trinajstić information content (AvgIpc) is 2.65. The Kier molecular flexibility index (Phi) is 5.71. The number of rotatable bonds is 6. The van der Waals surface area contributed by atoms with Crippen LogP contribution >= 0.6 is 0 Å². The number of carbonyl (C=O) groups is 1.